The van der Waals surface area contributed by atoms with Gasteiger partial charge in [-0.05, 0) is 52.0 Å². The van der Waals surface area contributed by atoms with Gasteiger partial charge in [0, 0.05) is 43.0 Å². The van der Waals surface area contributed by atoms with E-state index in [0.29, 0.717) is 18.2 Å². The summed E-state index contributed by atoms with van der Waals surface area (Å²) in [6, 6.07) is 3.68. The first kappa shape index (κ1) is 20.6. The Bertz CT molecular complexity index is 653. The zero-order chi connectivity index (χ0) is 19.3. The summed E-state index contributed by atoms with van der Waals surface area (Å²) < 4.78 is 0. The predicted octanol–water partition coefficient (Wildman–Crippen LogP) is 1.99. The molecule has 2 heterocycles. The van der Waals surface area contributed by atoms with E-state index >= 15 is 0 Å². The van der Waals surface area contributed by atoms with Crippen molar-refractivity contribution in [2.75, 3.05) is 46.8 Å². The maximum atomic E-state index is 13.2. The molecule has 1 aliphatic heterocycles. The van der Waals surface area contributed by atoms with Crippen molar-refractivity contribution in [2.24, 2.45) is 0 Å². The number of nitrogens with one attached hydrogen (secondary N) is 1. The third-order valence-electron chi connectivity index (χ3n) is 5.17. The molecule has 0 spiro atoms. The molecule has 0 aromatic carbocycles. The fraction of sp³-hybridized carbons (Fsp3) is 0.700. The van der Waals surface area contributed by atoms with Gasteiger partial charge in [0.15, 0.2) is 0 Å². The van der Waals surface area contributed by atoms with E-state index in [2.05, 4.69) is 21.7 Å². The van der Waals surface area contributed by atoms with Crippen LogP contribution in [0.2, 0.25) is 0 Å². The SMILES string of the molecule is CCN1CCCC1CN(CCN(C)C)C(=O)c1cc(C(C)C)[nH]c(=O)c1. The maximum absolute atomic E-state index is 13.2. The van der Waals surface area contributed by atoms with Gasteiger partial charge in [0.2, 0.25) is 5.56 Å². The molecule has 1 aliphatic rings. The van der Waals surface area contributed by atoms with Crippen LogP contribution in [-0.2, 0) is 0 Å². The van der Waals surface area contributed by atoms with Gasteiger partial charge < -0.3 is 14.8 Å². The molecule has 1 N–H and O–H groups in total. The highest BCUT2D eigenvalue weighted by Crippen LogP contribution is 2.19. The van der Waals surface area contributed by atoms with Crippen LogP contribution in [0.15, 0.2) is 16.9 Å². The van der Waals surface area contributed by atoms with Gasteiger partial charge in [0.1, 0.15) is 0 Å². The summed E-state index contributed by atoms with van der Waals surface area (Å²) in [5.41, 5.74) is 1.10. The molecular weight excluding hydrogens is 328 g/mol. The van der Waals surface area contributed by atoms with E-state index in [4.69, 9.17) is 0 Å². The number of hydrogen-bond donors (Lipinski definition) is 1. The van der Waals surface area contributed by atoms with Crippen LogP contribution in [0.5, 0.6) is 0 Å². The van der Waals surface area contributed by atoms with Crippen LogP contribution in [0.3, 0.4) is 0 Å². The van der Waals surface area contributed by atoms with E-state index in [9.17, 15) is 9.59 Å². The van der Waals surface area contributed by atoms with Crippen LogP contribution in [-0.4, -0.2) is 78.5 Å². The summed E-state index contributed by atoms with van der Waals surface area (Å²) >= 11 is 0. The maximum Gasteiger partial charge on any atom is 0.254 e. The Kier molecular flexibility index (Phi) is 7.41. The van der Waals surface area contributed by atoms with E-state index in [1.54, 1.807) is 0 Å². The smallest absolute Gasteiger partial charge is 0.254 e. The second-order valence-corrected chi connectivity index (χ2v) is 7.82. The molecule has 1 saturated heterocycles. The highest BCUT2D eigenvalue weighted by Gasteiger charge is 2.28. The van der Waals surface area contributed by atoms with Crippen LogP contribution < -0.4 is 5.56 Å². The van der Waals surface area contributed by atoms with Crippen LogP contribution in [0.25, 0.3) is 0 Å². The largest absolute Gasteiger partial charge is 0.336 e. The first-order valence-corrected chi connectivity index (χ1v) is 9.74. The van der Waals surface area contributed by atoms with E-state index < -0.39 is 0 Å². The third kappa shape index (κ3) is 5.42. The molecular formula is C20H34N4O2. The van der Waals surface area contributed by atoms with Crippen molar-refractivity contribution >= 4 is 5.91 Å². The van der Waals surface area contributed by atoms with Gasteiger partial charge in [-0.15, -0.1) is 0 Å². The number of amides is 1. The number of nitrogens with zero attached hydrogens (tertiary/aromatic N) is 3. The quantitative estimate of drug-likeness (QED) is 0.768. The number of carbonyl (C=O) groups is 1. The molecule has 1 amide bonds. The second kappa shape index (κ2) is 9.33. The molecule has 2 rings (SSSR count). The van der Waals surface area contributed by atoms with Crippen molar-refractivity contribution < 1.29 is 4.79 Å². The van der Waals surface area contributed by atoms with Crippen molar-refractivity contribution in [3.63, 3.8) is 0 Å². The molecule has 146 valence electrons. The molecule has 1 unspecified atom stereocenters. The monoisotopic (exact) mass is 362 g/mol. The average molecular weight is 363 g/mol. The van der Waals surface area contributed by atoms with E-state index in [1.165, 1.54) is 12.5 Å². The zero-order valence-corrected chi connectivity index (χ0v) is 16.9. The summed E-state index contributed by atoms with van der Waals surface area (Å²) in [4.78, 5) is 34.5. The van der Waals surface area contributed by atoms with Gasteiger partial charge in [-0.3, -0.25) is 14.5 Å². The normalized spacial score (nSPS) is 18.0. The molecule has 0 aliphatic carbocycles. The molecule has 1 aromatic heterocycles. The summed E-state index contributed by atoms with van der Waals surface area (Å²) in [6.07, 6.45) is 2.32. The van der Waals surface area contributed by atoms with Gasteiger partial charge in [0.25, 0.3) is 5.91 Å². The number of hydrogen-bond acceptors (Lipinski definition) is 4. The van der Waals surface area contributed by atoms with E-state index in [-0.39, 0.29) is 17.4 Å². The van der Waals surface area contributed by atoms with Crippen LogP contribution >= 0.6 is 0 Å². The summed E-state index contributed by atoms with van der Waals surface area (Å²) in [7, 11) is 4.03. The van der Waals surface area contributed by atoms with Crippen molar-refractivity contribution in [2.45, 2.75) is 45.6 Å². The van der Waals surface area contributed by atoms with Crippen molar-refractivity contribution in [3.05, 3.63) is 33.7 Å². The van der Waals surface area contributed by atoms with Crippen molar-refractivity contribution in [3.8, 4) is 0 Å². The van der Waals surface area contributed by atoms with Crippen LogP contribution in [0.4, 0.5) is 0 Å². The molecule has 1 atom stereocenters. The lowest BCUT2D eigenvalue weighted by atomic mass is 10.1. The van der Waals surface area contributed by atoms with Gasteiger partial charge >= 0.3 is 0 Å². The number of aromatic amines is 1. The fourth-order valence-electron chi connectivity index (χ4n) is 3.55. The Labute approximate surface area is 157 Å². The summed E-state index contributed by atoms with van der Waals surface area (Å²) in [6.45, 7) is 10.5. The fourth-order valence-corrected chi connectivity index (χ4v) is 3.55. The number of H-pyrrole nitrogens is 1. The topological polar surface area (TPSA) is 59.6 Å². The highest BCUT2D eigenvalue weighted by atomic mass is 16.2. The zero-order valence-electron chi connectivity index (χ0n) is 16.9. The molecule has 1 aromatic rings. The number of likely N-dealkylation sites (N-methyl/N-ethyl adjacent to an activating group) is 2. The Morgan fingerprint density at radius 3 is 2.65 bits per heavy atom. The van der Waals surface area contributed by atoms with Gasteiger partial charge in [-0.1, -0.05) is 20.8 Å². The second-order valence-electron chi connectivity index (χ2n) is 7.82. The molecule has 0 bridgehead atoms. The van der Waals surface area contributed by atoms with Gasteiger partial charge in [-0.2, -0.15) is 0 Å². The minimum absolute atomic E-state index is 0.0391. The number of pyridine rings is 1. The molecule has 26 heavy (non-hydrogen) atoms. The van der Waals surface area contributed by atoms with Gasteiger partial charge in [0.05, 0.1) is 0 Å². The molecule has 1 fully saturated rings. The molecule has 0 radical (unpaired) electrons. The lowest BCUT2D eigenvalue weighted by molar-refractivity contribution is 0.0694. The first-order valence-electron chi connectivity index (χ1n) is 9.74. The van der Waals surface area contributed by atoms with Crippen LogP contribution in [0.1, 0.15) is 55.6 Å². The first-order chi connectivity index (χ1) is 12.3. The van der Waals surface area contributed by atoms with E-state index in [1.807, 2.05) is 38.9 Å². The summed E-state index contributed by atoms with van der Waals surface area (Å²) in [5.74, 6) is 0.138. The summed E-state index contributed by atoms with van der Waals surface area (Å²) in [5, 5.41) is 0. The number of aromatic nitrogens is 1. The van der Waals surface area contributed by atoms with Crippen LogP contribution in [0, 0.1) is 0 Å². The van der Waals surface area contributed by atoms with Gasteiger partial charge in [-0.25, -0.2) is 0 Å². The Morgan fingerprint density at radius 2 is 2.04 bits per heavy atom. The van der Waals surface area contributed by atoms with Crippen molar-refractivity contribution in [1.82, 2.24) is 19.7 Å². The third-order valence-corrected chi connectivity index (χ3v) is 5.17. The molecule has 6 nitrogen and oxygen atoms in total. The molecule has 6 heteroatoms. The lowest BCUT2D eigenvalue weighted by Crippen LogP contribution is -2.45. The minimum Gasteiger partial charge on any atom is -0.336 e. The number of carbonyl (C=O) groups excluding carboxylic acids is 1. The number of rotatable bonds is 8. The Hall–Kier alpha value is -1.66. The Balaban J connectivity index is 2.23. The number of likely N-dealkylation sites (tertiary alicyclic amines) is 1. The molecule has 0 saturated carbocycles. The lowest BCUT2D eigenvalue weighted by Gasteiger charge is -2.31. The highest BCUT2D eigenvalue weighted by molar-refractivity contribution is 5.94. The average Bonchev–Trinajstić information content (AvgIpc) is 3.04. The van der Waals surface area contributed by atoms with Crippen molar-refractivity contribution in [1.29, 1.82) is 0 Å². The predicted molar refractivity (Wildman–Crippen MR) is 106 cm³/mol. The Morgan fingerprint density at radius 1 is 1.31 bits per heavy atom. The standard InChI is InChI=1S/C20H34N4O2/c1-6-23-9-7-8-17(23)14-24(11-10-22(4)5)20(26)16-12-18(15(2)3)21-19(25)13-16/h12-13,15,17H,6-11,14H2,1-5H3,(H,21,25). The minimum atomic E-state index is -0.205. The van der Waals surface area contributed by atoms with E-state index in [0.717, 1.165) is 38.3 Å².